The number of likely N-dealkylation sites (tertiary alicyclic amines) is 1. The Balaban J connectivity index is 1.36. The van der Waals surface area contributed by atoms with Crippen molar-refractivity contribution in [1.29, 1.82) is 0 Å². The fourth-order valence-corrected chi connectivity index (χ4v) is 6.05. The molecule has 0 bridgehead atoms. The van der Waals surface area contributed by atoms with Crippen LogP contribution in [0, 0.1) is 12.8 Å². The van der Waals surface area contributed by atoms with Gasteiger partial charge in [0.15, 0.2) is 0 Å². The van der Waals surface area contributed by atoms with Gasteiger partial charge < -0.3 is 20.0 Å². The van der Waals surface area contributed by atoms with Crippen molar-refractivity contribution in [1.82, 2.24) is 9.80 Å². The van der Waals surface area contributed by atoms with E-state index in [2.05, 4.69) is 10.2 Å². The first kappa shape index (κ1) is 26.3. The first-order valence-electron chi connectivity index (χ1n) is 14.3. The highest BCUT2D eigenvalue weighted by Gasteiger charge is 2.30. The zero-order chi connectivity index (χ0) is 26.5. The van der Waals surface area contributed by atoms with Crippen LogP contribution in [0.4, 0.5) is 11.4 Å². The van der Waals surface area contributed by atoms with Crippen molar-refractivity contribution in [3.63, 3.8) is 0 Å². The van der Waals surface area contributed by atoms with Crippen LogP contribution in [0.5, 0.6) is 0 Å². The summed E-state index contributed by atoms with van der Waals surface area (Å²) in [5, 5.41) is 2.99. The second-order valence-corrected chi connectivity index (χ2v) is 11.1. The lowest BCUT2D eigenvalue weighted by Gasteiger charge is -2.31. The maximum absolute atomic E-state index is 13.8. The summed E-state index contributed by atoms with van der Waals surface area (Å²) in [6.45, 7) is 6.47. The van der Waals surface area contributed by atoms with E-state index in [0.717, 1.165) is 88.8 Å². The lowest BCUT2D eigenvalue weighted by atomic mass is 10.1. The number of carbonyl (C=O) groups is 3. The minimum atomic E-state index is -0.190. The summed E-state index contributed by atoms with van der Waals surface area (Å²) in [6, 6.07) is 13.2. The third-order valence-corrected chi connectivity index (χ3v) is 8.29. The number of nitrogens with zero attached hydrogens (tertiary/aromatic N) is 3. The second kappa shape index (κ2) is 12.0. The Kier molecular flexibility index (Phi) is 8.30. The number of benzene rings is 2. The van der Waals surface area contributed by atoms with E-state index in [0.29, 0.717) is 35.8 Å². The van der Waals surface area contributed by atoms with Crippen LogP contribution in [0.25, 0.3) is 0 Å². The summed E-state index contributed by atoms with van der Waals surface area (Å²) >= 11 is 0. The summed E-state index contributed by atoms with van der Waals surface area (Å²) in [5.41, 5.74) is 3.82. The van der Waals surface area contributed by atoms with Crippen LogP contribution < -0.4 is 10.2 Å². The summed E-state index contributed by atoms with van der Waals surface area (Å²) in [7, 11) is 0. The van der Waals surface area contributed by atoms with Gasteiger partial charge in [-0.15, -0.1) is 0 Å². The Hall–Kier alpha value is -3.35. The van der Waals surface area contributed by atoms with E-state index in [1.165, 1.54) is 0 Å². The SMILES string of the molecule is Cc1ccc(C(=O)Nc2ccc(N3CCCN(C(=O)C4CCCC4)CC3)c(C(=O)N3CCCCC3)c2)cc1. The average Bonchev–Trinajstić information content (AvgIpc) is 3.38. The smallest absolute Gasteiger partial charge is 0.256 e. The molecule has 7 heteroatoms. The Morgan fingerprint density at radius 1 is 0.737 bits per heavy atom. The first-order chi connectivity index (χ1) is 18.5. The van der Waals surface area contributed by atoms with Crippen LogP contribution in [0.2, 0.25) is 0 Å². The molecule has 1 saturated carbocycles. The standard InChI is InChI=1S/C31H40N4O3/c1-23-10-12-24(13-11-23)29(36)32-26-14-15-28(27(22-26)31(38)34-16-5-2-6-17-34)33-18-7-19-35(21-20-33)30(37)25-8-3-4-9-25/h10-15,22,25H,2-9,16-21H2,1H3,(H,32,36). The Bertz CT molecular complexity index is 1150. The number of amides is 3. The number of rotatable bonds is 5. The third-order valence-electron chi connectivity index (χ3n) is 8.29. The van der Waals surface area contributed by atoms with Crippen molar-refractivity contribution in [2.75, 3.05) is 49.5 Å². The van der Waals surface area contributed by atoms with Crippen molar-refractivity contribution < 1.29 is 14.4 Å². The molecule has 7 nitrogen and oxygen atoms in total. The molecule has 0 unspecified atom stereocenters. The summed E-state index contributed by atoms with van der Waals surface area (Å²) in [4.78, 5) is 46.0. The number of carbonyl (C=O) groups excluding carboxylic acids is 3. The minimum Gasteiger partial charge on any atom is -0.369 e. The number of anilines is 2. The van der Waals surface area contributed by atoms with E-state index in [-0.39, 0.29) is 17.7 Å². The molecule has 1 aliphatic carbocycles. The zero-order valence-corrected chi connectivity index (χ0v) is 22.6. The maximum atomic E-state index is 13.8. The van der Waals surface area contributed by atoms with Crippen LogP contribution in [0.15, 0.2) is 42.5 Å². The van der Waals surface area contributed by atoms with E-state index in [9.17, 15) is 14.4 Å². The predicted molar refractivity (Wildman–Crippen MR) is 151 cm³/mol. The van der Waals surface area contributed by atoms with E-state index < -0.39 is 0 Å². The number of hydrogen-bond donors (Lipinski definition) is 1. The molecule has 0 atom stereocenters. The van der Waals surface area contributed by atoms with Gasteiger partial charge in [-0.25, -0.2) is 0 Å². The molecule has 0 aromatic heterocycles. The van der Waals surface area contributed by atoms with Crippen molar-refractivity contribution in [3.8, 4) is 0 Å². The minimum absolute atomic E-state index is 0.0225. The lowest BCUT2D eigenvalue weighted by Crippen LogP contribution is -2.39. The monoisotopic (exact) mass is 516 g/mol. The molecule has 202 valence electrons. The summed E-state index contributed by atoms with van der Waals surface area (Å²) in [6.07, 6.45) is 8.42. The molecule has 3 amide bonds. The van der Waals surface area contributed by atoms with Gasteiger partial charge in [-0.3, -0.25) is 14.4 Å². The fraction of sp³-hybridized carbons (Fsp3) is 0.516. The summed E-state index contributed by atoms with van der Waals surface area (Å²) < 4.78 is 0. The molecule has 1 N–H and O–H groups in total. The van der Waals surface area contributed by atoms with Gasteiger partial charge in [0.2, 0.25) is 5.91 Å². The molecule has 0 radical (unpaired) electrons. The molecule has 2 aromatic rings. The van der Waals surface area contributed by atoms with Crippen molar-refractivity contribution in [3.05, 3.63) is 59.2 Å². The maximum Gasteiger partial charge on any atom is 0.256 e. The van der Waals surface area contributed by atoms with Crippen LogP contribution in [0.1, 0.15) is 77.6 Å². The highest BCUT2D eigenvalue weighted by Crippen LogP contribution is 2.30. The van der Waals surface area contributed by atoms with Gasteiger partial charge >= 0.3 is 0 Å². The molecule has 0 spiro atoms. The first-order valence-corrected chi connectivity index (χ1v) is 14.3. The fourth-order valence-electron chi connectivity index (χ4n) is 6.05. The van der Waals surface area contributed by atoms with Gasteiger partial charge in [-0.1, -0.05) is 30.5 Å². The molecular weight excluding hydrogens is 476 g/mol. The van der Waals surface area contributed by atoms with Gasteiger partial charge in [0.25, 0.3) is 11.8 Å². The molecule has 2 saturated heterocycles. The van der Waals surface area contributed by atoms with E-state index >= 15 is 0 Å². The number of aryl methyl sites for hydroxylation is 1. The average molecular weight is 517 g/mol. The van der Waals surface area contributed by atoms with Gasteiger partial charge in [0.05, 0.1) is 5.56 Å². The van der Waals surface area contributed by atoms with Crippen molar-refractivity contribution >= 4 is 29.1 Å². The highest BCUT2D eigenvalue weighted by molar-refractivity contribution is 6.06. The van der Waals surface area contributed by atoms with E-state index in [1.807, 2.05) is 59.2 Å². The topological polar surface area (TPSA) is 73.0 Å². The predicted octanol–water partition coefficient (Wildman–Crippen LogP) is 5.10. The highest BCUT2D eigenvalue weighted by atomic mass is 16.2. The van der Waals surface area contributed by atoms with Crippen molar-refractivity contribution in [2.24, 2.45) is 5.92 Å². The molecule has 5 rings (SSSR count). The summed E-state index contributed by atoms with van der Waals surface area (Å²) in [5.74, 6) is 0.330. The zero-order valence-electron chi connectivity index (χ0n) is 22.6. The molecule has 38 heavy (non-hydrogen) atoms. The molecule has 3 fully saturated rings. The Morgan fingerprint density at radius 2 is 1.45 bits per heavy atom. The number of hydrogen-bond acceptors (Lipinski definition) is 4. The quantitative estimate of drug-likeness (QED) is 0.600. The van der Waals surface area contributed by atoms with Gasteiger partial charge in [0.1, 0.15) is 0 Å². The molecule has 2 heterocycles. The van der Waals surface area contributed by atoms with Crippen LogP contribution in [-0.4, -0.2) is 66.8 Å². The molecule has 3 aliphatic rings. The second-order valence-electron chi connectivity index (χ2n) is 11.1. The van der Waals surface area contributed by atoms with Gasteiger partial charge in [0, 0.05) is 62.1 Å². The van der Waals surface area contributed by atoms with E-state index in [1.54, 1.807) is 0 Å². The molecule has 2 aromatic carbocycles. The van der Waals surface area contributed by atoms with Crippen LogP contribution in [0.3, 0.4) is 0 Å². The van der Waals surface area contributed by atoms with Crippen LogP contribution in [-0.2, 0) is 4.79 Å². The number of nitrogens with one attached hydrogen (secondary N) is 1. The Morgan fingerprint density at radius 3 is 2.18 bits per heavy atom. The molecular formula is C31H40N4O3. The third kappa shape index (κ3) is 6.03. The lowest BCUT2D eigenvalue weighted by molar-refractivity contribution is -0.135. The molecule has 2 aliphatic heterocycles. The van der Waals surface area contributed by atoms with Gasteiger partial charge in [-0.2, -0.15) is 0 Å². The van der Waals surface area contributed by atoms with E-state index in [4.69, 9.17) is 0 Å². The van der Waals surface area contributed by atoms with Gasteiger partial charge in [-0.05, 0) is 75.8 Å². The Labute approximate surface area is 226 Å². The van der Waals surface area contributed by atoms with Crippen molar-refractivity contribution in [2.45, 2.75) is 58.3 Å². The largest absolute Gasteiger partial charge is 0.369 e. The van der Waals surface area contributed by atoms with Crippen LogP contribution >= 0.6 is 0 Å². The number of piperidine rings is 1. The normalized spacial score (nSPS) is 18.8.